The summed E-state index contributed by atoms with van der Waals surface area (Å²) in [4.78, 5) is 22.4. The first-order valence-electron chi connectivity index (χ1n) is 15.2. The smallest absolute Gasteiger partial charge is 0.382 e. The van der Waals surface area contributed by atoms with Crippen LogP contribution < -0.4 is 5.73 Å². The number of unbranched alkanes of at least 4 members (excludes halogenated alkanes) is 12. The van der Waals surface area contributed by atoms with Gasteiger partial charge in [-0.05, 0) is 37.7 Å². The highest BCUT2D eigenvalue weighted by Gasteiger charge is 2.25. The number of nitrogen functional groups attached to an aromatic ring is 1. The summed E-state index contributed by atoms with van der Waals surface area (Å²) in [5.41, 5.74) is 6.89. The Kier molecular flexibility index (Phi) is 18.0. The topological polar surface area (TPSA) is 125 Å². The highest BCUT2D eigenvalue weighted by molar-refractivity contribution is 7.99. The molecule has 42 heavy (non-hydrogen) atoms. The lowest BCUT2D eigenvalue weighted by Gasteiger charge is -2.17. The van der Waals surface area contributed by atoms with Crippen LogP contribution in [-0.2, 0) is 20.4 Å². The molecule has 0 amide bonds. The van der Waals surface area contributed by atoms with Gasteiger partial charge >= 0.3 is 13.8 Å². The van der Waals surface area contributed by atoms with E-state index in [4.69, 9.17) is 15.0 Å². The fourth-order valence-electron chi connectivity index (χ4n) is 4.57. The molecule has 2 aromatic rings. The summed E-state index contributed by atoms with van der Waals surface area (Å²) < 4.78 is 61.1. The third-order valence-electron chi connectivity index (χ3n) is 6.88. The van der Waals surface area contributed by atoms with Gasteiger partial charge < -0.3 is 24.5 Å². The lowest BCUT2D eigenvalue weighted by molar-refractivity contribution is -0.135. The Labute approximate surface area is 252 Å². The molecule has 0 aliphatic heterocycles. The number of anilines is 1. The van der Waals surface area contributed by atoms with E-state index in [9.17, 15) is 22.6 Å². The van der Waals surface area contributed by atoms with Crippen LogP contribution in [0.2, 0.25) is 0 Å². The van der Waals surface area contributed by atoms with Crippen molar-refractivity contribution in [3.8, 4) is 0 Å². The van der Waals surface area contributed by atoms with E-state index in [1.165, 1.54) is 57.7 Å². The molecule has 2 atom stereocenters. The number of nitrogens with two attached hydrogens (primary N) is 1. The summed E-state index contributed by atoms with van der Waals surface area (Å²) in [6.45, 7) is 2.42. The molecule has 0 aliphatic carbocycles. The van der Waals surface area contributed by atoms with Crippen molar-refractivity contribution in [1.82, 2.24) is 19.5 Å². The van der Waals surface area contributed by atoms with Gasteiger partial charge in [-0.25, -0.2) is 15.0 Å². The van der Waals surface area contributed by atoms with Crippen molar-refractivity contribution in [2.45, 2.75) is 122 Å². The number of thioether (sulfide) groups is 1. The molecular weight excluding hydrogens is 590 g/mol. The second kappa shape index (κ2) is 20.5. The highest BCUT2D eigenvalue weighted by Crippen LogP contribution is 2.42. The first kappa shape index (κ1) is 36.8. The third kappa shape index (κ3) is 17.0. The van der Waals surface area contributed by atoms with Crippen molar-refractivity contribution >= 4 is 36.3 Å². The summed E-state index contributed by atoms with van der Waals surface area (Å²) >= 11 is 1.85. The Hall–Kier alpha value is -1.40. The molecule has 0 aliphatic rings. The zero-order valence-electron chi connectivity index (χ0n) is 24.9. The Morgan fingerprint density at radius 3 is 2.12 bits per heavy atom. The number of rotatable bonds is 25. The van der Waals surface area contributed by atoms with Crippen molar-refractivity contribution < 1.29 is 31.9 Å². The quantitative estimate of drug-likeness (QED) is 0.0818. The Morgan fingerprint density at radius 2 is 1.50 bits per heavy atom. The van der Waals surface area contributed by atoms with E-state index in [2.05, 4.69) is 15.0 Å². The standard InChI is InChI=1S/C28H49F3N5O4PS/c1-24(20-36-22-35-25-26(32)33-21-34-27(25)36)39-23-41(37,38)40-17-15-19-42-18-14-12-10-8-6-4-2-3-5-7-9-11-13-16-28(29,30)31/h21-22,24H,2-20,23H2,1H3,(H,37,38)(H2,32,33,34)/t24-/m1/s1. The molecule has 242 valence electrons. The maximum absolute atomic E-state index is 12.3. The van der Waals surface area contributed by atoms with Gasteiger partial charge in [0.05, 0.1) is 25.6 Å². The normalized spacial score (nSPS) is 14.4. The summed E-state index contributed by atoms with van der Waals surface area (Å²) in [7, 11) is -3.83. The molecule has 14 heteroatoms. The monoisotopic (exact) mass is 639 g/mol. The third-order valence-corrected chi connectivity index (χ3v) is 9.10. The largest absolute Gasteiger partial charge is 0.389 e. The molecule has 0 saturated carbocycles. The van der Waals surface area contributed by atoms with Gasteiger partial charge in [-0.1, -0.05) is 70.6 Å². The maximum atomic E-state index is 12.3. The fraction of sp³-hybridized carbons (Fsp3) is 0.821. The van der Waals surface area contributed by atoms with Crippen LogP contribution in [-0.4, -0.2) is 61.2 Å². The van der Waals surface area contributed by atoms with Gasteiger partial charge in [0.15, 0.2) is 11.5 Å². The van der Waals surface area contributed by atoms with Gasteiger partial charge in [0.1, 0.15) is 18.2 Å². The van der Waals surface area contributed by atoms with Crippen LogP contribution in [0.4, 0.5) is 19.0 Å². The van der Waals surface area contributed by atoms with E-state index in [0.29, 0.717) is 36.4 Å². The van der Waals surface area contributed by atoms with E-state index in [0.717, 1.165) is 30.8 Å². The van der Waals surface area contributed by atoms with Crippen LogP contribution in [0.5, 0.6) is 0 Å². The molecule has 9 nitrogen and oxygen atoms in total. The molecule has 0 aromatic carbocycles. The summed E-state index contributed by atoms with van der Waals surface area (Å²) in [5, 5.41) is 0. The number of alkyl halides is 3. The van der Waals surface area contributed by atoms with Gasteiger partial charge in [-0.15, -0.1) is 0 Å². The second-order valence-electron chi connectivity index (χ2n) is 10.8. The zero-order chi connectivity index (χ0) is 30.7. The molecule has 2 rings (SSSR count). The zero-order valence-corrected chi connectivity index (χ0v) is 26.6. The predicted molar refractivity (Wildman–Crippen MR) is 164 cm³/mol. The molecule has 1 unspecified atom stereocenters. The van der Waals surface area contributed by atoms with Gasteiger partial charge in [0.2, 0.25) is 0 Å². The first-order valence-corrected chi connectivity index (χ1v) is 18.1. The predicted octanol–water partition coefficient (Wildman–Crippen LogP) is 8.12. The maximum Gasteiger partial charge on any atom is 0.389 e. The van der Waals surface area contributed by atoms with Crippen LogP contribution in [0.3, 0.4) is 0 Å². The molecular formula is C28H49F3N5O4PS. The van der Waals surface area contributed by atoms with Gasteiger partial charge in [-0.3, -0.25) is 4.57 Å². The van der Waals surface area contributed by atoms with Crippen molar-refractivity contribution in [2.75, 3.05) is 30.2 Å². The van der Waals surface area contributed by atoms with Crippen molar-refractivity contribution in [3.05, 3.63) is 12.7 Å². The van der Waals surface area contributed by atoms with E-state index in [1.54, 1.807) is 17.8 Å². The lowest BCUT2D eigenvalue weighted by Crippen LogP contribution is -2.17. The Balaban J connectivity index is 1.35. The van der Waals surface area contributed by atoms with E-state index < -0.39 is 20.2 Å². The number of nitrogens with zero attached hydrogens (tertiary/aromatic N) is 4. The average Bonchev–Trinajstić information content (AvgIpc) is 3.34. The van der Waals surface area contributed by atoms with Gasteiger partial charge in [-0.2, -0.15) is 24.9 Å². The number of halogens is 3. The van der Waals surface area contributed by atoms with E-state index in [1.807, 2.05) is 11.8 Å². The van der Waals surface area contributed by atoms with Crippen LogP contribution in [0.1, 0.15) is 103 Å². The van der Waals surface area contributed by atoms with E-state index >= 15 is 0 Å². The molecule has 0 bridgehead atoms. The summed E-state index contributed by atoms with van der Waals surface area (Å²) in [6.07, 6.45) is 12.1. The number of ether oxygens (including phenoxy) is 1. The Bertz CT molecular complexity index is 1050. The number of imidazole rings is 1. The van der Waals surface area contributed by atoms with Crippen LogP contribution in [0, 0.1) is 0 Å². The second-order valence-corrected chi connectivity index (χ2v) is 13.8. The molecule has 2 aromatic heterocycles. The van der Waals surface area contributed by atoms with E-state index in [-0.39, 0.29) is 25.5 Å². The lowest BCUT2D eigenvalue weighted by atomic mass is 10.0. The SMILES string of the molecule is C[C@H](Cn1cnc2c(N)ncnc21)OCP(=O)(O)OCCCSCCCCCCCCCCCCCCCC(F)(F)F. The highest BCUT2D eigenvalue weighted by atomic mass is 32.2. The Morgan fingerprint density at radius 1 is 0.929 bits per heavy atom. The van der Waals surface area contributed by atoms with Crippen molar-refractivity contribution in [2.24, 2.45) is 0 Å². The van der Waals surface area contributed by atoms with Crippen LogP contribution in [0.15, 0.2) is 12.7 Å². The van der Waals surface area contributed by atoms with Gasteiger partial charge in [0.25, 0.3) is 0 Å². The molecule has 3 N–H and O–H groups in total. The molecule has 0 fully saturated rings. The number of aromatic nitrogens is 4. The summed E-state index contributed by atoms with van der Waals surface area (Å²) in [5.74, 6) is 2.27. The fourth-order valence-corrected chi connectivity index (χ4v) is 6.43. The van der Waals surface area contributed by atoms with Crippen molar-refractivity contribution in [3.63, 3.8) is 0 Å². The first-order chi connectivity index (χ1) is 20.1. The molecule has 2 heterocycles. The minimum Gasteiger partial charge on any atom is -0.382 e. The number of hydrogen-bond donors (Lipinski definition) is 2. The minimum absolute atomic E-state index is 0.221. The summed E-state index contributed by atoms with van der Waals surface area (Å²) in [6, 6.07) is 0. The number of hydrogen-bond acceptors (Lipinski definition) is 8. The minimum atomic E-state index is -4.01. The molecule has 0 radical (unpaired) electrons. The van der Waals surface area contributed by atoms with Crippen LogP contribution in [0.25, 0.3) is 11.2 Å². The molecule has 0 spiro atoms. The average molecular weight is 640 g/mol. The molecule has 0 saturated heterocycles. The van der Waals surface area contributed by atoms with Gasteiger partial charge in [0, 0.05) is 6.42 Å². The number of fused-ring (bicyclic) bond motifs is 1. The van der Waals surface area contributed by atoms with Crippen molar-refractivity contribution in [1.29, 1.82) is 0 Å². The van der Waals surface area contributed by atoms with Crippen LogP contribution >= 0.6 is 19.4 Å².